The number of carbonyl (C=O) groups excluding carboxylic acids is 1. The third kappa shape index (κ3) is 3.13. The van der Waals surface area contributed by atoms with E-state index < -0.39 is 0 Å². The number of hydrogen-bond acceptors (Lipinski definition) is 3. The Balaban J connectivity index is 2.17. The maximum absolute atomic E-state index is 12.2. The van der Waals surface area contributed by atoms with Crippen LogP contribution in [0.3, 0.4) is 0 Å². The van der Waals surface area contributed by atoms with Gasteiger partial charge in [-0.05, 0) is 31.5 Å². The summed E-state index contributed by atoms with van der Waals surface area (Å²) in [5, 5.41) is 2.82. The monoisotopic (exact) mass is 258 g/mol. The minimum Gasteiger partial charge on any atom is -0.397 e. The van der Waals surface area contributed by atoms with Crippen molar-refractivity contribution in [3.8, 4) is 0 Å². The van der Waals surface area contributed by atoms with Gasteiger partial charge in [0, 0.05) is 18.4 Å². The lowest BCUT2D eigenvalue weighted by molar-refractivity contribution is 0.101. The minimum absolute atomic E-state index is 0.171. The molecule has 5 heteroatoms. The van der Waals surface area contributed by atoms with Crippen molar-refractivity contribution < 1.29 is 4.79 Å². The third-order valence-electron chi connectivity index (χ3n) is 2.78. The van der Waals surface area contributed by atoms with E-state index in [0.717, 1.165) is 18.7 Å². The number of pyridine rings is 1. The fourth-order valence-corrected chi connectivity index (χ4v) is 1.89. The highest BCUT2D eigenvalue weighted by Crippen LogP contribution is 2.14. The van der Waals surface area contributed by atoms with Crippen molar-refractivity contribution >= 4 is 17.3 Å². The lowest BCUT2D eigenvalue weighted by Gasteiger charge is -2.08. The van der Waals surface area contributed by atoms with Gasteiger partial charge in [0.2, 0.25) is 0 Å². The van der Waals surface area contributed by atoms with Gasteiger partial charge in [0.05, 0.1) is 17.6 Å². The molecule has 3 N–H and O–H groups in total. The van der Waals surface area contributed by atoms with Crippen molar-refractivity contribution in [3.63, 3.8) is 0 Å². The van der Waals surface area contributed by atoms with E-state index in [-0.39, 0.29) is 5.91 Å². The van der Waals surface area contributed by atoms with Crippen LogP contribution in [0.25, 0.3) is 0 Å². The molecule has 2 heterocycles. The standard InChI is InChI=1S/C14H18N4O/c1-3-6-18-9-11(15)7-13(18)14(19)17-12-5-4-10(2)16-8-12/h4-5,7-9H,3,6,15H2,1-2H3,(H,17,19). The van der Waals surface area contributed by atoms with Crippen LogP contribution in [-0.4, -0.2) is 15.5 Å². The van der Waals surface area contributed by atoms with Gasteiger partial charge in [-0.2, -0.15) is 0 Å². The van der Waals surface area contributed by atoms with E-state index in [2.05, 4.69) is 17.2 Å². The van der Waals surface area contributed by atoms with Gasteiger partial charge in [-0.3, -0.25) is 9.78 Å². The Kier molecular flexibility index (Phi) is 3.85. The molecule has 2 rings (SSSR count). The highest BCUT2D eigenvalue weighted by molar-refractivity contribution is 6.03. The van der Waals surface area contributed by atoms with Crippen molar-refractivity contribution in [2.75, 3.05) is 11.1 Å². The van der Waals surface area contributed by atoms with Crippen LogP contribution in [0.4, 0.5) is 11.4 Å². The zero-order valence-corrected chi connectivity index (χ0v) is 11.2. The van der Waals surface area contributed by atoms with Crippen LogP contribution >= 0.6 is 0 Å². The summed E-state index contributed by atoms with van der Waals surface area (Å²) in [6.07, 6.45) is 4.37. The molecule has 0 radical (unpaired) electrons. The van der Waals surface area contributed by atoms with Gasteiger partial charge in [-0.1, -0.05) is 6.92 Å². The zero-order chi connectivity index (χ0) is 13.8. The number of nitrogens with zero attached hydrogens (tertiary/aromatic N) is 2. The third-order valence-corrected chi connectivity index (χ3v) is 2.78. The van der Waals surface area contributed by atoms with E-state index in [4.69, 9.17) is 5.73 Å². The molecule has 0 saturated heterocycles. The molecule has 0 spiro atoms. The van der Waals surface area contributed by atoms with Crippen molar-refractivity contribution in [2.45, 2.75) is 26.8 Å². The first-order valence-electron chi connectivity index (χ1n) is 6.30. The lowest BCUT2D eigenvalue weighted by atomic mass is 10.3. The number of hydrogen-bond donors (Lipinski definition) is 2. The van der Waals surface area contributed by atoms with Crippen LogP contribution in [0.15, 0.2) is 30.6 Å². The van der Waals surface area contributed by atoms with Gasteiger partial charge in [-0.25, -0.2) is 0 Å². The first-order chi connectivity index (χ1) is 9.10. The Labute approximate surface area is 112 Å². The number of aryl methyl sites for hydroxylation is 2. The highest BCUT2D eigenvalue weighted by Gasteiger charge is 2.12. The molecule has 0 aliphatic heterocycles. The molecule has 19 heavy (non-hydrogen) atoms. The molecule has 0 atom stereocenters. The summed E-state index contributed by atoms with van der Waals surface area (Å²) in [7, 11) is 0. The molecular weight excluding hydrogens is 240 g/mol. The SMILES string of the molecule is CCCn1cc(N)cc1C(=O)Nc1ccc(C)nc1. The van der Waals surface area contributed by atoms with E-state index in [1.54, 1.807) is 18.5 Å². The summed E-state index contributed by atoms with van der Waals surface area (Å²) in [5.41, 5.74) is 8.51. The van der Waals surface area contributed by atoms with Crippen LogP contribution in [0.5, 0.6) is 0 Å². The Morgan fingerprint density at radius 3 is 2.89 bits per heavy atom. The average Bonchev–Trinajstić information content (AvgIpc) is 2.74. The second-order valence-corrected chi connectivity index (χ2v) is 4.49. The van der Waals surface area contributed by atoms with Crippen LogP contribution in [0, 0.1) is 6.92 Å². The Bertz CT molecular complexity index is 572. The maximum Gasteiger partial charge on any atom is 0.272 e. The fraction of sp³-hybridized carbons (Fsp3) is 0.286. The molecule has 1 amide bonds. The van der Waals surface area contributed by atoms with E-state index in [1.165, 1.54) is 0 Å². The summed E-state index contributed by atoms with van der Waals surface area (Å²) in [4.78, 5) is 16.3. The zero-order valence-electron chi connectivity index (χ0n) is 11.2. The molecule has 0 fully saturated rings. The largest absolute Gasteiger partial charge is 0.397 e. The van der Waals surface area contributed by atoms with E-state index in [0.29, 0.717) is 17.1 Å². The van der Waals surface area contributed by atoms with Gasteiger partial charge in [-0.15, -0.1) is 0 Å². The first kappa shape index (κ1) is 13.1. The van der Waals surface area contributed by atoms with Gasteiger partial charge >= 0.3 is 0 Å². The maximum atomic E-state index is 12.2. The number of amides is 1. The number of carbonyl (C=O) groups is 1. The summed E-state index contributed by atoms with van der Waals surface area (Å²) >= 11 is 0. The number of nitrogen functional groups attached to an aromatic ring is 1. The highest BCUT2D eigenvalue weighted by atomic mass is 16.1. The number of anilines is 2. The van der Waals surface area contributed by atoms with Gasteiger partial charge in [0.1, 0.15) is 5.69 Å². The lowest BCUT2D eigenvalue weighted by Crippen LogP contribution is -2.16. The molecule has 5 nitrogen and oxygen atoms in total. The molecule has 100 valence electrons. The van der Waals surface area contributed by atoms with Gasteiger partial charge < -0.3 is 15.6 Å². The molecule has 0 bridgehead atoms. The van der Waals surface area contributed by atoms with E-state index in [9.17, 15) is 4.79 Å². The van der Waals surface area contributed by atoms with Crippen LogP contribution < -0.4 is 11.1 Å². The molecule has 2 aromatic rings. The predicted octanol–water partition coefficient (Wildman–Crippen LogP) is 2.44. The Morgan fingerprint density at radius 1 is 1.47 bits per heavy atom. The minimum atomic E-state index is -0.171. The first-order valence-corrected chi connectivity index (χ1v) is 6.30. The summed E-state index contributed by atoms with van der Waals surface area (Å²) in [6.45, 7) is 4.73. The van der Waals surface area contributed by atoms with E-state index >= 15 is 0 Å². The van der Waals surface area contributed by atoms with Crippen LogP contribution in [0.2, 0.25) is 0 Å². The quantitative estimate of drug-likeness (QED) is 0.884. The van der Waals surface area contributed by atoms with Crippen molar-refractivity contribution in [2.24, 2.45) is 0 Å². The number of nitrogens with one attached hydrogen (secondary N) is 1. The van der Waals surface area contributed by atoms with Crippen LogP contribution in [0.1, 0.15) is 29.5 Å². The fourth-order valence-electron chi connectivity index (χ4n) is 1.89. The molecule has 0 unspecified atom stereocenters. The second kappa shape index (κ2) is 5.56. The van der Waals surface area contributed by atoms with Gasteiger partial charge in [0.15, 0.2) is 0 Å². The van der Waals surface area contributed by atoms with Crippen molar-refractivity contribution in [1.82, 2.24) is 9.55 Å². The van der Waals surface area contributed by atoms with Gasteiger partial charge in [0.25, 0.3) is 5.91 Å². The van der Waals surface area contributed by atoms with Crippen LogP contribution in [-0.2, 0) is 6.54 Å². The molecular formula is C14H18N4O. The summed E-state index contributed by atoms with van der Waals surface area (Å²) in [6, 6.07) is 5.37. The van der Waals surface area contributed by atoms with Crippen molar-refractivity contribution in [3.05, 3.63) is 42.0 Å². The molecule has 0 aliphatic rings. The second-order valence-electron chi connectivity index (χ2n) is 4.49. The molecule has 0 saturated carbocycles. The topological polar surface area (TPSA) is 72.9 Å². The van der Waals surface area contributed by atoms with Crippen molar-refractivity contribution in [1.29, 1.82) is 0 Å². The van der Waals surface area contributed by atoms with E-state index in [1.807, 2.05) is 23.6 Å². The number of rotatable bonds is 4. The predicted molar refractivity (Wildman–Crippen MR) is 76.1 cm³/mol. The Hall–Kier alpha value is -2.30. The smallest absolute Gasteiger partial charge is 0.272 e. The number of aromatic nitrogens is 2. The molecule has 0 aliphatic carbocycles. The molecule has 0 aromatic carbocycles. The number of nitrogens with two attached hydrogens (primary N) is 1. The molecule has 2 aromatic heterocycles. The summed E-state index contributed by atoms with van der Waals surface area (Å²) in [5.74, 6) is -0.171. The Morgan fingerprint density at radius 2 is 2.26 bits per heavy atom. The summed E-state index contributed by atoms with van der Waals surface area (Å²) < 4.78 is 1.87. The average molecular weight is 258 g/mol. The normalized spacial score (nSPS) is 10.4.